The van der Waals surface area contributed by atoms with Crippen LogP contribution >= 0.6 is 0 Å². The third-order valence-corrected chi connectivity index (χ3v) is 1.72. The number of hydrogen-bond donors (Lipinski definition) is 2. The molecule has 0 amide bonds. The van der Waals surface area contributed by atoms with Crippen LogP contribution in [0.3, 0.4) is 0 Å². The lowest BCUT2D eigenvalue weighted by molar-refractivity contribution is -0.137. The van der Waals surface area contributed by atoms with Crippen LogP contribution in [0.4, 0.5) is 0 Å². The van der Waals surface area contributed by atoms with Crippen LogP contribution in [-0.2, 0) is 4.79 Å². The monoisotopic (exact) mass is 180 g/mol. The van der Waals surface area contributed by atoms with Crippen molar-refractivity contribution >= 4 is 5.97 Å². The maximum atomic E-state index is 10.4. The van der Waals surface area contributed by atoms with E-state index in [1.54, 1.807) is 12.4 Å². The number of nitrogens with zero attached hydrogens (tertiary/aromatic N) is 1. The van der Waals surface area contributed by atoms with Crippen LogP contribution in [0.2, 0.25) is 0 Å². The number of carboxylic acids is 1. The molecule has 1 atom stereocenters. The average molecular weight is 180 g/mol. The zero-order valence-electron chi connectivity index (χ0n) is 7.40. The summed E-state index contributed by atoms with van der Waals surface area (Å²) in [5.41, 5.74) is 7.39. The predicted octanol–water partition coefficient (Wildman–Crippen LogP) is 0.865. The van der Waals surface area contributed by atoms with Crippen molar-refractivity contribution in [3.63, 3.8) is 0 Å². The summed E-state index contributed by atoms with van der Waals surface area (Å²) in [7, 11) is 0. The van der Waals surface area contributed by atoms with Crippen molar-refractivity contribution in [3.05, 3.63) is 29.6 Å². The van der Waals surface area contributed by atoms with E-state index in [2.05, 4.69) is 4.98 Å². The van der Waals surface area contributed by atoms with Crippen molar-refractivity contribution in [3.8, 4) is 0 Å². The Kier molecular flexibility index (Phi) is 2.97. The Morgan fingerprint density at radius 2 is 2.38 bits per heavy atom. The van der Waals surface area contributed by atoms with E-state index < -0.39 is 12.0 Å². The van der Waals surface area contributed by atoms with Gasteiger partial charge in [0.25, 0.3) is 0 Å². The molecule has 1 heterocycles. The number of aryl methyl sites for hydroxylation is 1. The first-order chi connectivity index (χ1) is 6.09. The van der Waals surface area contributed by atoms with Crippen LogP contribution in [0.25, 0.3) is 0 Å². The molecule has 3 N–H and O–H groups in total. The molecule has 0 bridgehead atoms. The van der Waals surface area contributed by atoms with Gasteiger partial charge in [-0.1, -0.05) is 6.07 Å². The van der Waals surface area contributed by atoms with Gasteiger partial charge in [-0.25, -0.2) is 0 Å². The number of rotatable bonds is 3. The van der Waals surface area contributed by atoms with Crippen molar-refractivity contribution in [1.82, 2.24) is 4.98 Å². The van der Waals surface area contributed by atoms with Gasteiger partial charge in [0.15, 0.2) is 0 Å². The molecule has 70 valence electrons. The highest BCUT2D eigenvalue weighted by Gasteiger charge is 2.10. The Morgan fingerprint density at radius 3 is 2.92 bits per heavy atom. The Hall–Kier alpha value is -1.42. The van der Waals surface area contributed by atoms with Gasteiger partial charge in [0.2, 0.25) is 0 Å². The normalized spacial score (nSPS) is 12.5. The number of hydrogen-bond acceptors (Lipinski definition) is 3. The molecule has 1 aromatic heterocycles. The molecular weight excluding hydrogens is 168 g/mol. The highest BCUT2D eigenvalue weighted by Crippen LogP contribution is 2.13. The number of carbonyl (C=O) groups is 1. The first-order valence-corrected chi connectivity index (χ1v) is 3.98. The van der Waals surface area contributed by atoms with Crippen LogP contribution in [-0.4, -0.2) is 16.1 Å². The third kappa shape index (κ3) is 2.83. The molecule has 0 saturated carbocycles. The Bertz CT molecular complexity index is 312. The zero-order chi connectivity index (χ0) is 9.84. The summed E-state index contributed by atoms with van der Waals surface area (Å²) in [5.74, 6) is -0.894. The van der Waals surface area contributed by atoms with E-state index in [0.717, 1.165) is 11.1 Å². The first-order valence-electron chi connectivity index (χ1n) is 3.98. The van der Waals surface area contributed by atoms with Gasteiger partial charge >= 0.3 is 5.97 Å². The molecule has 0 aliphatic carbocycles. The fraction of sp³-hybridized carbons (Fsp3) is 0.333. The maximum Gasteiger partial charge on any atom is 0.305 e. The van der Waals surface area contributed by atoms with Gasteiger partial charge in [-0.05, 0) is 18.1 Å². The fourth-order valence-electron chi connectivity index (χ4n) is 1.09. The van der Waals surface area contributed by atoms with Gasteiger partial charge in [0.05, 0.1) is 6.42 Å². The zero-order valence-corrected chi connectivity index (χ0v) is 7.40. The van der Waals surface area contributed by atoms with Crippen LogP contribution in [0.5, 0.6) is 0 Å². The van der Waals surface area contributed by atoms with E-state index in [1.807, 2.05) is 13.0 Å². The van der Waals surface area contributed by atoms with Crippen LogP contribution in [0.15, 0.2) is 18.5 Å². The van der Waals surface area contributed by atoms with E-state index >= 15 is 0 Å². The van der Waals surface area contributed by atoms with Crippen molar-refractivity contribution in [2.75, 3.05) is 0 Å². The molecule has 4 nitrogen and oxygen atoms in total. The van der Waals surface area contributed by atoms with Crippen LogP contribution in [0.1, 0.15) is 23.6 Å². The molecule has 0 aliphatic rings. The standard InChI is InChI=1S/C9H12N2O2/c1-6-2-7(5-11-4-6)8(10)3-9(12)13/h2,4-5,8H,3,10H2,1H3,(H,12,13)/t8-/m1/s1. The number of aromatic nitrogens is 1. The van der Waals surface area contributed by atoms with Gasteiger partial charge in [0, 0.05) is 18.4 Å². The second-order valence-electron chi connectivity index (χ2n) is 3.00. The van der Waals surface area contributed by atoms with Gasteiger partial charge in [0.1, 0.15) is 0 Å². The van der Waals surface area contributed by atoms with Gasteiger partial charge < -0.3 is 10.8 Å². The lowest BCUT2D eigenvalue weighted by Crippen LogP contribution is -2.15. The SMILES string of the molecule is Cc1cncc([C@H](N)CC(=O)O)c1. The molecule has 13 heavy (non-hydrogen) atoms. The van der Waals surface area contributed by atoms with Crippen molar-refractivity contribution < 1.29 is 9.90 Å². The molecule has 0 spiro atoms. The number of nitrogens with two attached hydrogens (primary N) is 1. The number of aliphatic carboxylic acids is 1. The Balaban J connectivity index is 2.76. The summed E-state index contributed by atoms with van der Waals surface area (Å²) in [5, 5.41) is 8.51. The molecule has 4 heteroatoms. The highest BCUT2D eigenvalue weighted by atomic mass is 16.4. The largest absolute Gasteiger partial charge is 0.481 e. The lowest BCUT2D eigenvalue weighted by Gasteiger charge is -2.08. The quantitative estimate of drug-likeness (QED) is 0.723. The summed E-state index contributed by atoms with van der Waals surface area (Å²) in [4.78, 5) is 14.3. The fourth-order valence-corrected chi connectivity index (χ4v) is 1.09. The molecular formula is C9H12N2O2. The summed E-state index contributed by atoms with van der Waals surface area (Å²) in [6.45, 7) is 1.89. The van der Waals surface area contributed by atoms with Gasteiger partial charge in [-0.3, -0.25) is 9.78 Å². The molecule has 0 unspecified atom stereocenters. The molecule has 0 aliphatic heterocycles. The van der Waals surface area contributed by atoms with E-state index in [1.165, 1.54) is 0 Å². The summed E-state index contributed by atoms with van der Waals surface area (Å²) in [6, 6.07) is 1.38. The van der Waals surface area contributed by atoms with Crippen LogP contribution < -0.4 is 5.73 Å². The maximum absolute atomic E-state index is 10.4. The topological polar surface area (TPSA) is 76.2 Å². The third-order valence-electron chi connectivity index (χ3n) is 1.72. The molecule has 1 rings (SSSR count). The molecule has 0 saturated heterocycles. The first kappa shape index (κ1) is 9.67. The summed E-state index contributed by atoms with van der Waals surface area (Å²) < 4.78 is 0. The number of pyridine rings is 1. The second kappa shape index (κ2) is 4.00. The molecule has 0 fully saturated rings. The highest BCUT2D eigenvalue weighted by molar-refractivity contribution is 5.67. The smallest absolute Gasteiger partial charge is 0.305 e. The minimum Gasteiger partial charge on any atom is -0.481 e. The summed E-state index contributed by atoms with van der Waals surface area (Å²) in [6.07, 6.45) is 3.24. The predicted molar refractivity (Wildman–Crippen MR) is 48.2 cm³/mol. The van der Waals surface area contributed by atoms with E-state index in [0.29, 0.717) is 0 Å². The van der Waals surface area contributed by atoms with Crippen LogP contribution in [0, 0.1) is 6.92 Å². The average Bonchev–Trinajstić information content (AvgIpc) is 2.03. The van der Waals surface area contributed by atoms with Crippen molar-refractivity contribution in [1.29, 1.82) is 0 Å². The lowest BCUT2D eigenvalue weighted by atomic mass is 10.1. The van der Waals surface area contributed by atoms with Crippen molar-refractivity contribution in [2.24, 2.45) is 5.73 Å². The minimum absolute atomic E-state index is 0.0644. The Morgan fingerprint density at radius 1 is 1.69 bits per heavy atom. The molecule has 1 aromatic rings. The van der Waals surface area contributed by atoms with E-state index in [-0.39, 0.29) is 6.42 Å². The van der Waals surface area contributed by atoms with E-state index in [4.69, 9.17) is 10.8 Å². The molecule has 0 aromatic carbocycles. The number of carboxylic acid groups (broad SMARTS) is 1. The van der Waals surface area contributed by atoms with Gasteiger partial charge in [-0.15, -0.1) is 0 Å². The second-order valence-corrected chi connectivity index (χ2v) is 3.00. The summed E-state index contributed by atoms with van der Waals surface area (Å²) >= 11 is 0. The van der Waals surface area contributed by atoms with Gasteiger partial charge in [-0.2, -0.15) is 0 Å². The Labute approximate surface area is 76.4 Å². The minimum atomic E-state index is -0.894. The van der Waals surface area contributed by atoms with E-state index in [9.17, 15) is 4.79 Å². The van der Waals surface area contributed by atoms with Crippen molar-refractivity contribution in [2.45, 2.75) is 19.4 Å². The molecule has 0 radical (unpaired) electrons.